The number of halogens is 3. The van der Waals surface area contributed by atoms with Gasteiger partial charge >= 0.3 is 5.97 Å². The van der Waals surface area contributed by atoms with Crippen molar-refractivity contribution in [2.75, 3.05) is 11.6 Å². The zero-order chi connectivity index (χ0) is 22.8. The second-order valence-corrected chi connectivity index (χ2v) is 9.20. The lowest BCUT2D eigenvalue weighted by Crippen LogP contribution is -2.30. The molecule has 1 N–H and O–H groups in total. The minimum absolute atomic E-state index is 0.100. The Hall–Kier alpha value is -2.40. The van der Waals surface area contributed by atoms with E-state index in [0.717, 1.165) is 24.5 Å². The number of hydrogen-bond donors (Lipinski definition) is 1. The Bertz CT molecular complexity index is 1150. The minimum Gasteiger partial charge on any atom is -0.449 e. The quantitative estimate of drug-likeness (QED) is 0.275. The highest BCUT2D eigenvalue weighted by Crippen LogP contribution is 2.32. The van der Waals surface area contributed by atoms with E-state index < -0.39 is 43.3 Å². The lowest BCUT2D eigenvalue weighted by atomic mass is 10.2. The summed E-state index contributed by atoms with van der Waals surface area (Å²) in [5.74, 6) is -1.83. The number of carbonyl (C=O) groups excluding carboxylic acids is 2. The van der Waals surface area contributed by atoms with E-state index in [2.05, 4.69) is 5.32 Å². The first-order valence-electron chi connectivity index (χ1n) is 7.96. The van der Waals surface area contributed by atoms with Gasteiger partial charge in [0.1, 0.15) is 4.90 Å². The van der Waals surface area contributed by atoms with Crippen LogP contribution in [0.5, 0.6) is 0 Å². The number of sulfone groups is 1. The summed E-state index contributed by atoms with van der Waals surface area (Å²) in [6.45, 7) is 1.26. The number of carbonyl (C=O) groups is 2. The number of nitrogens with zero attached hydrogens (tertiary/aromatic N) is 1. The Labute approximate surface area is 185 Å². The summed E-state index contributed by atoms with van der Waals surface area (Å²) in [4.78, 5) is 34.2. The van der Waals surface area contributed by atoms with E-state index in [1.165, 1.54) is 19.1 Å². The van der Waals surface area contributed by atoms with Crippen molar-refractivity contribution in [1.29, 1.82) is 0 Å². The largest absolute Gasteiger partial charge is 0.449 e. The van der Waals surface area contributed by atoms with Gasteiger partial charge in [-0.3, -0.25) is 14.9 Å². The molecule has 1 amide bonds. The molecule has 0 radical (unpaired) electrons. The molecule has 160 valence electrons. The summed E-state index contributed by atoms with van der Waals surface area (Å²) >= 11 is 17.7. The third-order valence-corrected chi connectivity index (χ3v) is 5.89. The number of esters is 1. The number of amides is 1. The fourth-order valence-electron chi connectivity index (χ4n) is 2.24. The molecule has 9 nitrogen and oxygen atoms in total. The summed E-state index contributed by atoms with van der Waals surface area (Å²) in [6.07, 6.45) is -0.523. The Morgan fingerprint density at radius 2 is 1.70 bits per heavy atom. The van der Waals surface area contributed by atoms with Gasteiger partial charge in [-0.15, -0.1) is 0 Å². The molecule has 0 heterocycles. The lowest BCUT2D eigenvalue weighted by Gasteiger charge is -2.15. The van der Waals surface area contributed by atoms with Crippen LogP contribution < -0.4 is 5.32 Å². The highest BCUT2D eigenvalue weighted by atomic mass is 35.5. The second kappa shape index (κ2) is 9.17. The van der Waals surface area contributed by atoms with Crippen molar-refractivity contribution in [3.8, 4) is 0 Å². The molecule has 0 aliphatic rings. The number of benzene rings is 2. The lowest BCUT2D eigenvalue weighted by molar-refractivity contribution is -0.387. The van der Waals surface area contributed by atoms with Crippen LogP contribution in [0.1, 0.15) is 17.3 Å². The molecule has 0 saturated carbocycles. The molecule has 0 fully saturated rings. The van der Waals surface area contributed by atoms with Crippen LogP contribution in [0.3, 0.4) is 0 Å². The maximum absolute atomic E-state index is 12.3. The zero-order valence-corrected chi connectivity index (χ0v) is 18.4. The van der Waals surface area contributed by atoms with Gasteiger partial charge in [-0.2, -0.15) is 0 Å². The van der Waals surface area contributed by atoms with E-state index in [1.807, 2.05) is 0 Å². The average molecular weight is 496 g/mol. The van der Waals surface area contributed by atoms with Crippen LogP contribution in [0.15, 0.2) is 35.2 Å². The number of nitro benzene ring substituents is 1. The molecule has 30 heavy (non-hydrogen) atoms. The van der Waals surface area contributed by atoms with Gasteiger partial charge in [0, 0.05) is 12.3 Å². The molecular formula is C17H13Cl3N2O7S. The SMILES string of the molecule is CC(OC(=O)c1ccc(S(C)(=O)=O)c([N+](=O)[O-])c1)C(=O)Nc1cc(Cl)c(Cl)cc1Cl. The van der Waals surface area contributed by atoms with Gasteiger partial charge in [-0.05, 0) is 31.2 Å². The molecule has 13 heteroatoms. The van der Waals surface area contributed by atoms with Gasteiger partial charge in [0.25, 0.3) is 11.6 Å². The van der Waals surface area contributed by atoms with Crippen LogP contribution in [0.4, 0.5) is 11.4 Å². The number of nitro groups is 1. The van der Waals surface area contributed by atoms with Gasteiger partial charge < -0.3 is 10.1 Å². The molecular weight excluding hydrogens is 483 g/mol. The monoisotopic (exact) mass is 494 g/mol. The van der Waals surface area contributed by atoms with Crippen molar-refractivity contribution in [3.63, 3.8) is 0 Å². The molecule has 2 rings (SSSR count). The molecule has 1 atom stereocenters. The zero-order valence-electron chi connectivity index (χ0n) is 15.3. The van der Waals surface area contributed by atoms with Crippen molar-refractivity contribution in [3.05, 3.63) is 61.1 Å². The van der Waals surface area contributed by atoms with Crippen LogP contribution in [-0.4, -0.2) is 37.6 Å². The van der Waals surface area contributed by atoms with Crippen LogP contribution in [0.25, 0.3) is 0 Å². The number of ether oxygens (including phenoxy) is 1. The number of hydrogen-bond acceptors (Lipinski definition) is 7. The van der Waals surface area contributed by atoms with E-state index in [4.69, 9.17) is 39.5 Å². The molecule has 0 aliphatic carbocycles. The van der Waals surface area contributed by atoms with Gasteiger partial charge in [0.05, 0.1) is 31.2 Å². The predicted octanol–water partition coefficient (Wildman–Crippen LogP) is 4.14. The maximum atomic E-state index is 12.3. The molecule has 0 aromatic heterocycles. The summed E-state index contributed by atoms with van der Waals surface area (Å²) in [7, 11) is -3.89. The first-order valence-corrected chi connectivity index (χ1v) is 11.0. The van der Waals surface area contributed by atoms with Crippen LogP contribution in [-0.2, 0) is 19.4 Å². The molecule has 1 unspecified atom stereocenters. The van der Waals surface area contributed by atoms with E-state index >= 15 is 0 Å². The van der Waals surface area contributed by atoms with E-state index in [9.17, 15) is 28.1 Å². The summed E-state index contributed by atoms with van der Waals surface area (Å²) in [5, 5.41) is 14.0. The first kappa shape index (κ1) is 23.9. The van der Waals surface area contributed by atoms with E-state index in [0.29, 0.717) is 0 Å². The normalized spacial score (nSPS) is 12.2. The van der Waals surface area contributed by atoms with E-state index in [-0.39, 0.29) is 26.3 Å². The molecule has 0 bridgehead atoms. The predicted molar refractivity (Wildman–Crippen MR) is 111 cm³/mol. The smallest absolute Gasteiger partial charge is 0.339 e. The minimum atomic E-state index is -3.89. The summed E-state index contributed by atoms with van der Waals surface area (Å²) in [5.41, 5.74) is -0.958. The Balaban J connectivity index is 2.19. The van der Waals surface area contributed by atoms with Crippen LogP contribution >= 0.6 is 34.8 Å². The number of anilines is 1. The van der Waals surface area contributed by atoms with Crippen molar-refractivity contribution >= 4 is 67.9 Å². The topological polar surface area (TPSA) is 133 Å². The van der Waals surface area contributed by atoms with Gasteiger partial charge in [0.15, 0.2) is 15.9 Å². The number of nitrogens with one attached hydrogen (secondary N) is 1. The van der Waals surface area contributed by atoms with E-state index in [1.54, 1.807) is 0 Å². The average Bonchev–Trinajstić information content (AvgIpc) is 2.64. The third-order valence-electron chi connectivity index (χ3n) is 3.71. The van der Waals surface area contributed by atoms with Gasteiger partial charge in [0.2, 0.25) is 0 Å². The molecule has 0 spiro atoms. The molecule has 0 aliphatic heterocycles. The van der Waals surface area contributed by atoms with Crippen LogP contribution in [0, 0.1) is 10.1 Å². The van der Waals surface area contributed by atoms with Crippen molar-refractivity contribution < 1.29 is 27.7 Å². The molecule has 2 aromatic carbocycles. The molecule has 2 aromatic rings. The maximum Gasteiger partial charge on any atom is 0.339 e. The highest BCUT2D eigenvalue weighted by Gasteiger charge is 2.26. The van der Waals surface area contributed by atoms with Crippen molar-refractivity contribution in [2.45, 2.75) is 17.9 Å². The fourth-order valence-corrected chi connectivity index (χ4v) is 3.66. The third kappa shape index (κ3) is 5.60. The van der Waals surface area contributed by atoms with Crippen LogP contribution in [0.2, 0.25) is 15.1 Å². The van der Waals surface area contributed by atoms with Gasteiger partial charge in [-0.25, -0.2) is 13.2 Å². The van der Waals surface area contributed by atoms with Gasteiger partial charge in [-0.1, -0.05) is 34.8 Å². The Morgan fingerprint density at radius 1 is 1.10 bits per heavy atom. The Morgan fingerprint density at radius 3 is 2.27 bits per heavy atom. The Kier molecular flexibility index (Phi) is 7.30. The summed E-state index contributed by atoms with van der Waals surface area (Å²) < 4.78 is 28.3. The highest BCUT2D eigenvalue weighted by molar-refractivity contribution is 7.90. The fraction of sp³-hybridized carbons (Fsp3) is 0.176. The standard InChI is InChI=1S/C17H13Cl3N2O7S/c1-8(16(23)21-13-7-11(19)10(18)6-12(13)20)29-17(24)9-3-4-15(30(2,27)28)14(5-9)22(25)26/h3-8H,1-2H3,(H,21,23). The van der Waals surface area contributed by atoms with Crippen molar-refractivity contribution in [1.82, 2.24) is 0 Å². The first-order chi connectivity index (χ1) is 13.8. The number of rotatable bonds is 6. The second-order valence-electron chi connectivity index (χ2n) is 5.99. The summed E-state index contributed by atoms with van der Waals surface area (Å²) in [6, 6.07) is 5.36. The molecule has 0 saturated heterocycles. The van der Waals surface area contributed by atoms with Crippen molar-refractivity contribution in [2.24, 2.45) is 0 Å².